The topological polar surface area (TPSA) is 29.1 Å². The summed E-state index contributed by atoms with van der Waals surface area (Å²) in [5.41, 5.74) is -0.0670. The Morgan fingerprint density at radius 2 is 2.06 bits per heavy atom. The van der Waals surface area contributed by atoms with E-state index in [1.807, 2.05) is 0 Å². The van der Waals surface area contributed by atoms with Crippen LogP contribution >= 0.6 is 23.2 Å². The van der Waals surface area contributed by atoms with Gasteiger partial charge < -0.3 is 5.32 Å². The summed E-state index contributed by atoms with van der Waals surface area (Å²) >= 11 is 11.5. The van der Waals surface area contributed by atoms with Crippen molar-refractivity contribution in [3.63, 3.8) is 0 Å². The number of carbonyl (C=O) groups excluding carboxylic acids is 1. The van der Waals surface area contributed by atoms with Crippen LogP contribution in [0, 0.1) is 5.82 Å². The van der Waals surface area contributed by atoms with E-state index in [1.165, 1.54) is 12.1 Å². The first-order valence-electron chi connectivity index (χ1n) is 5.90. The number of nitrogens with one attached hydrogen (secondary N) is 1. The predicted molar refractivity (Wildman–Crippen MR) is 70.8 cm³/mol. The van der Waals surface area contributed by atoms with Gasteiger partial charge in [0.25, 0.3) is 5.91 Å². The maximum atomic E-state index is 13.3. The zero-order valence-corrected chi connectivity index (χ0v) is 11.3. The maximum absolute atomic E-state index is 13.3. The lowest BCUT2D eigenvalue weighted by atomic mass is 9.99. The number of carbonyl (C=O) groups is 1. The zero-order chi connectivity index (χ0) is 13.2. The van der Waals surface area contributed by atoms with Crippen molar-refractivity contribution < 1.29 is 9.18 Å². The van der Waals surface area contributed by atoms with Crippen LogP contribution in [0.25, 0.3) is 0 Å². The normalized spacial score (nSPS) is 17.7. The molecule has 1 aromatic carbocycles. The molecule has 98 valence electrons. The molecule has 0 radical (unpaired) electrons. The predicted octanol–water partition coefficient (Wildman–Crippen LogP) is 3.76. The van der Waals surface area contributed by atoms with E-state index in [0.29, 0.717) is 5.88 Å². The molecule has 5 heteroatoms. The van der Waals surface area contributed by atoms with Crippen LogP contribution < -0.4 is 5.32 Å². The lowest BCUT2D eigenvalue weighted by molar-refractivity contribution is 0.0909. The molecule has 0 unspecified atom stereocenters. The third kappa shape index (κ3) is 2.78. The van der Waals surface area contributed by atoms with Crippen LogP contribution in [0.1, 0.15) is 36.0 Å². The van der Waals surface area contributed by atoms with Crippen LogP contribution in [0.2, 0.25) is 5.02 Å². The van der Waals surface area contributed by atoms with E-state index in [9.17, 15) is 9.18 Å². The minimum atomic E-state index is -0.587. The molecule has 1 aliphatic rings. The molecule has 0 heterocycles. The Morgan fingerprint density at radius 1 is 1.39 bits per heavy atom. The van der Waals surface area contributed by atoms with E-state index in [0.717, 1.165) is 31.7 Å². The van der Waals surface area contributed by atoms with Crippen molar-refractivity contribution in [1.82, 2.24) is 5.32 Å². The Kier molecular flexibility index (Phi) is 4.13. The van der Waals surface area contributed by atoms with Gasteiger partial charge in [-0.1, -0.05) is 24.4 Å². The molecule has 1 aliphatic carbocycles. The summed E-state index contributed by atoms with van der Waals surface area (Å²) in [6, 6.07) is 4.04. The van der Waals surface area contributed by atoms with Gasteiger partial charge in [0.1, 0.15) is 5.82 Å². The number of hydrogen-bond acceptors (Lipinski definition) is 1. The standard InChI is InChI=1S/C13H14Cl2FNO/c14-8-13(5-1-2-6-13)17-12(18)9-3-4-10(15)11(16)7-9/h3-4,7H,1-2,5-6,8H2,(H,17,18). The Labute approximate surface area is 115 Å². The Balaban J connectivity index is 2.13. The SMILES string of the molecule is O=C(NC1(CCl)CCCC1)c1ccc(Cl)c(F)c1. The molecule has 2 nitrogen and oxygen atoms in total. The molecule has 0 saturated heterocycles. The van der Waals surface area contributed by atoms with Crippen LogP contribution in [0.3, 0.4) is 0 Å². The first-order valence-corrected chi connectivity index (χ1v) is 6.81. The second-order valence-corrected chi connectivity index (χ2v) is 5.38. The fourth-order valence-corrected chi connectivity index (χ4v) is 2.75. The number of amides is 1. The lowest BCUT2D eigenvalue weighted by Gasteiger charge is -2.27. The highest BCUT2D eigenvalue weighted by Gasteiger charge is 2.34. The molecule has 1 fully saturated rings. The van der Waals surface area contributed by atoms with E-state index in [1.54, 1.807) is 0 Å². The maximum Gasteiger partial charge on any atom is 0.251 e. The zero-order valence-electron chi connectivity index (χ0n) is 9.81. The minimum Gasteiger partial charge on any atom is -0.345 e. The fourth-order valence-electron chi connectivity index (χ4n) is 2.29. The Hall–Kier alpha value is -0.800. The van der Waals surface area contributed by atoms with Crippen molar-refractivity contribution in [1.29, 1.82) is 0 Å². The van der Waals surface area contributed by atoms with Gasteiger partial charge in [-0.15, -0.1) is 11.6 Å². The monoisotopic (exact) mass is 289 g/mol. The lowest BCUT2D eigenvalue weighted by Crippen LogP contribution is -2.47. The summed E-state index contributed by atoms with van der Waals surface area (Å²) in [5.74, 6) is -0.502. The second-order valence-electron chi connectivity index (χ2n) is 4.70. The van der Waals surface area contributed by atoms with Crippen LogP contribution in [0.15, 0.2) is 18.2 Å². The van der Waals surface area contributed by atoms with E-state index in [2.05, 4.69) is 5.32 Å². The molecular formula is C13H14Cl2FNO. The quantitative estimate of drug-likeness (QED) is 0.844. The van der Waals surface area contributed by atoms with Gasteiger partial charge in [0.05, 0.1) is 10.6 Å². The number of rotatable bonds is 3. The average molecular weight is 290 g/mol. The highest BCUT2D eigenvalue weighted by Crippen LogP contribution is 2.31. The molecule has 1 amide bonds. The average Bonchev–Trinajstić information content (AvgIpc) is 2.82. The van der Waals surface area contributed by atoms with E-state index >= 15 is 0 Å². The molecule has 0 aromatic heterocycles. The molecule has 1 N–H and O–H groups in total. The van der Waals surface area contributed by atoms with Gasteiger partial charge in [-0.2, -0.15) is 0 Å². The molecular weight excluding hydrogens is 276 g/mol. The highest BCUT2D eigenvalue weighted by atomic mass is 35.5. The molecule has 2 rings (SSSR count). The Morgan fingerprint density at radius 3 is 2.61 bits per heavy atom. The third-order valence-electron chi connectivity index (χ3n) is 3.38. The van der Waals surface area contributed by atoms with Crippen molar-refractivity contribution in [3.05, 3.63) is 34.6 Å². The van der Waals surface area contributed by atoms with Crippen LogP contribution in [0.5, 0.6) is 0 Å². The van der Waals surface area contributed by atoms with Gasteiger partial charge >= 0.3 is 0 Å². The largest absolute Gasteiger partial charge is 0.345 e. The van der Waals surface area contributed by atoms with E-state index in [-0.39, 0.29) is 22.0 Å². The van der Waals surface area contributed by atoms with Crippen molar-refractivity contribution in [2.75, 3.05) is 5.88 Å². The fraction of sp³-hybridized carbons (Fsp3) is 0.462. The number of halogens is 3. The van der Waals surface area contributed by atoms with Gasteiger partial charge in [0.2, 0.25) is 0 Å². The molecule has 0 bridgehead atoms. The number of benzene rings is 1. The van der Waals surface area contributed by atoms with Gasteiger partial charge in [-0.05, 0) is 31.0 Å². The van der Waals surface area contributed by atoms with Crippen molar-refractivity contribution in [3.8, 4) is 0 Å². The van der Waals surface area contributed by atoms with Crippen LogP contribution in [0.4, 0.5) is 4.39 Å². The van der Waals surface area contributed by atoms with Crippen LogP contribution in [-0.4, -0.2) is 17.3 Å². The van der Waals surface area contributed by atoms with Gasteiger partial charge in [-0.25, -0.2) is 4.39 Å². The third-order valence-corrected chi connectivity index (χ3v) is 4.20. The van der Waals surface area contributed by atoms with Gasteiger partial charge in [-0.3, -0.25) is 4.79 Å². The van der Waals surface area contributed by atoms with Crippen molar-refractivity contribution in [2.24, 2.45) is 0 Å². The first kappa shape index (κ1) is 13.6. The second kappa shape index (κ2) is 5.45. The molecule has 0 spiro atoms. The van der Waals surface area contributed by atoms with Crippen molar-refractivity contribution in [2.45, 2.75) is 31.2 Å². The van der Waals surface area contributed by atoms with Crippen LogP contribution in [-0.2, 0) is 0 Å². The Bertz CT molecular complexity index is 458. The van der Waals surface area contributed by atoms with Gasteiger partial charge in [0.15, 0.2) is 0 Å². The summed E-state index contributed by atoms with van der Waals surface area (Å²) in [5, 5.41) is 2.94. The smallest absolute Gasteiger partial charge is 0.251 e. The summed E-state index contributed by atoms with van der Waals surface area (Å²) in [6.45, 7) is 0. The molecule has 0 atom stereocenters. The van der Waals surface area contributed by atoms with E-state index < -0.39 is 5.82 Å². The van der Waals surface area contributed by atoms with E-state index in [4.69, 9.17) is 23.2 Å². The molecule has 1 saturated carbocycles. The molecule has 1 aromatic rings. The number of hydrogen-bond donors (Lipinski definition) is 1. The summed E-state index contributed by atoms with van der Waals surface area (Å²) in [7, 11) is 0. The van der Waals surface area contributed by atoms with Crippen molar-refractivity contribution >= 4 is 29.1 Å². The highest BCUT2D eigenvalue weighted by molar-refractivity contribution is 6.30. The number of alkyl halides is 1. The summed E-state index contributed by atoms with van der Waals surface area (Å²) in [6.07, 6.45) is 3.86. The van der Waals surface area contributed by atoms with Gasteiger partial charge in [0, 0.05) is 11.4 Å². The first-order chi connectivity index (χ1) is 8.56. The summed E-state index contributed by atoms with van der Waals surface area (Å²) < 4.78 is 13.3. The summed E-state index contributed by atoms with van der Waals surface area (Å²) in [4.78, 5) is 12.0. The minimum absolute atomic E-state index is 0.0134. The molecule has 0 aliphatic heterocycles. The molecule has 18 heavy (non-hydrogen) atoms.